The van der Waals surface area contributed by atoms with Gasteiger partial charge < -0.3 is 9.47 Å². The summed E-state index contributed by atoms with van der Waals surface area (Å²) in [7, 11) is 1.66. The second-order valence-corrected chi connectivity index (χ2v) is 6.78. The summed E-state index contributed by atoms with van der Waals surface area (Å²) in [5.41, 5.74) is 2.07. The van der Waals surface area contributed by atoms with Gasteiger partial charge >= 0.3 is 5.97 Å². The monoisotopic (exact) mass is 364 g/mol. The van der Waals surface area contributed by atoms with Crippen molar-refractivity contribution in [3.05, 3.63) is 63.6 Å². The lowest BCUT2D eigenvalue weighted by atomic mass is 9.85. The largest absolute Gasteiger partial charge is 0.496 e. The SMILES string of the molecule is COc1ccccc1C[C@H]1COC(=O)[C@@H]1Cc1ccc(Cl)c(Cl)c1. The zero-order valence-corrected chi connectivity index (χ0v) is 14.8. The Morgan fingerprint density at radius 1 is 1.12 bits per heavy atom. The van der Waals surface area contributed by atoms with E-state index in [4.69, 9.17) is 32.7 Å². The summed E-state index contributed by atoms with van der Waals surface area (Å²) in [6.45, 7) is 0.433. The van der Waals surface area contributed by atoms with Crippen LogP contribution in [0.4, 0.5) is 0 Å². The van der Waals surface area contributed by atoms with Crippen LogP contribution in [0.5, 0.6) is 5.75 Å². The first-order chi connectivity index (χ1) is 11.6. The molecule has 0 N–H and O–H groups in total. The van der Waals surface area contributed by atoms with E-state index in [0.717, 1.165) is 23.3 Å². The Morgan fingerprint density at radius 2 is 1.92 bits per heavy atom. The first-order valence-electron chi connectivity index (χ1n) is 7.81. The number of rotatable bonds is 5. The summed E-state index contributed by atoms with van der Waals surface area (Å²) < 4.78 is 10.7. The van der Waals surface area contributed by atoms with Gasteiger partial charge in [0.25, 0.3) is 0 Å². The molecule has 5 heteroatoms. The van der Waals surface area contributed by atoms with Crippen LogP contribution in [0.3, 0.4) is 0 Å². The number of para-hydroxylation sites is 1. The molecule has 0 aromatic heterocycles. The first-order valence-corrected chi connectivity index (χ1v) is 8.56. The summed E-state index contributed by atoms with van der Waals surface area (Å²) in [5.74, 6) is 0.613. The molecule has 0 amide bonds. The van der Waals surface area contributed by atoms with E-state index < -0.39 is 0 Å². The van der Waals surface area contributed by atoms with Crippen LogP contribution in [-0.2, 0) is 22.4 Å². The Morgan fingerprint density at radius 3 is 2.67 bits per heavy atom. The highest BCUT2D eigenvalue weighted by atomic mass is 35.5. The topological polar surface area (TPSA) is 35.5 Å². The van der Waals surface area contributed by atoms with Crippen molar-refractivity contribution in [2.24, 2.45) is 11.8 Å². The Labute approximate surface area is 151 Å². The Hall–Kier alpha value is -1.71. The average molecular weight is 365 g/mol. The minimum absolute atomic E-state index is 0.114. The molecule has 0 aliphatic carbocycles. The van der Waals surface area contributed by atoms with Crippen molar-refractivity contribution in [2.45, 2.75) is 12.8 Å². The van der Waals surface area contributed by atoms with Crippen molar-refractivity contribution in [3.63, 3.8) is 0 Å². The van der Waals surface area contributed by atoms with E-state index in [9.17, 15) is 4.79 Å². The van der Waals surface area contributed by atoms with E-state index in [-0.39, 0.29) is 17.8 Å². The third-order valence-electron chi connectivity index (χ3n) is 4.43. The first kappa shape index (κ1) is 17.1. The number of ether oxygens (including phenoxy) is 2. The maximum Gasteiger partial charge on any atom is 0.309 e. The van der Waals surface area contributed by atoms with Gasteiger partial charge in [0.15, 0.2) is 0 Å². The summed E-state index contributed by atoms with van der Waals surface area (Å²) in [5, 5.41) is 1.02. The van der Waals surface area contributed by atoms with Gasteiger partial charge in [0, 0.05) is 5.92 Å². The molecule has 1 aliphatic heterocycles. The van der Waals surface area contributed by atoms with Crippen molar-refractivity contribution in [3.8, 4) is 5.75 Å². The fraction of sp³-hybridized carbons (Fsp3) is 0.316. The fourth-order valence-corrected chi connectivity index (χ4v) is 3.45. The number of methoxy groups -OCH3 is 1. The van der Waals surface area contributed by atoms with Gasteiger partial charge in [-0.3, -0.25) is 4.79 Å². The number of cyclic esters (lactones) is 1. The molecule has 0 spiro atoms. The zero-order chi connectivity index (χ0) is 17.1. The standard InChI is InChI=1S/C19H18Cl2O3/c1-23-18-5-3-2-4-13(18)10-14-11-24-19(22)15(14)8-12-6-7-16(20)17(21)9-12/h2-7,9,14-15H,8,10-11H2,1H3/t14-,15+/m0/s1. The van der Waals surface area contributed by atoms with Gasteiger partial charge in [-0.15, -0.1) is 0 Å². The Bertz CT molecular complexity index is 745. The highest BCUT2D eigenvalue weighted by molar-refractivity contribution is 6.42. The minimum atomic E-state index is -0.188. The summed E-state index contributed by atoms with van der Waals surface area (Å²) >= 11 is 12.0. The lowest BCUT2D eigenvalue weighted by molar-refractivity contribution is -0.141. The molecule has 2 aromatic rings. The molecule has 1 fully saturated rings. The molecule has 1 aliphatic rings. The van der Waals surface area contributed by atoms with Gasteiger partial charge in [-0.05, 0) is 42.2 Å². The third-order valence-corrected chi connectivity index (χ3v) is 5.16. The van der Waals surface area contributed by atoms with Gasteiger partial charge in [0.05, 0.1) is 29.7 Å². The number of carbonyl (C=O) groups excluding carboxylic acids is 1. The van der Waals surface area contributed by atoms with Gasteiger partial charge in [-0.1, -0.05) is 47.5 Å². The zero-order valence-electron chi connectivity index (χ0n) is 13.3. The predicted octanol–water partition coefficient (Wildman–Crippen LogP) is 4.58. The van der Waals surface area contributed by atoms with Crippen LogP contribution < -0.4 is 4.74 Å². The Balaban J connectivity index is 1.78. The molecule has 3 nitrogen and oxygen atoms in total. The summed E-state index contributed by atoms with van der Waals surface area (Å²) in [4.78, 5) is 12.2. The molecule has 0 unspecified atom stereocenters. The fourth-order valence-electron chi connectivity index (χ4n) is 3.13. The molecule has 0 bridgehead atoms. The van der Waals surface area contributed by atoms with Gasteiger partial charge in [-0.25, -0.2) is 0 Å². The molecule has 1 saturated heterocycles. The van der Waals surface area contributed by atoms with Crippen LogP contribution in [0.1, 0.15) is 11.1 Å². The van der Waals surface area contributed by atoms with Crippen LogP contribution in [0.25, 0.3) is 0 Å². The van der Waals surface area contributed by atoms with E-state index in [0.29, 0.717) is 23.1 Å². The molecule has 2 aromatic carbocycles. The normalized spacial score (nSPS) is 20.0. The highest BCUT2D eigenvalue weighted by Gasteiger charge is 2.37. The van der Waals surface area contributed by atoms with E-state index >= 15 is 0 Å². The number of hydrogen-bond donors (Lipinski definition) is 0. The van der Waals surface area contributed by atoms with Gasteiger partial charge in [0.2, 0.25) is 0 Å². The number of benzene rings is 2. The molecule has 24 heavy (non-hydrogen) atoms. The van der Waals surface area contributed by atoms with Crippen LogP contribution in [0.2, 0.25) is 10.0 Å². The van der Waals surface area contributed by atoms with Gasteiger partial charge in [-0.2, -0.15) is 0 Å². The third kappa shape index (κ3) is 3.68. The van der Waals surface area contributed by atoms with Crippen LogP contribution in [0.15, 0.2) is 42.5 Å². The maximum atomic E-state index is 12.2. The minimum Gasteiger partial charge on any atom is -0.496 e. The second kappa shape index (κ2) is 7.45. The number of hydrogen-bond acceptors (Lipinski definition) is 3. The molecule has 3 rings (SSSR count). The number of carbonyl (C=O) groups is 1. The van der Waals surface area contributed by atoms with Crippen molar-refractivity contribution >= 4 is 29.2 Å². The molecule has 0 radical (unpaired) electrons. The second-order valence-electron chi connectivity index (χ2n) is 5.97. The number of halogens is 2. The Kier molecular flexibility index (Phi) is 5.32. The average Bonchev–Trinajstić information content (AvgIpc) is 2.92. The van der Waals surface area contributed by atoms with E-state index in [2.05, 4.69) is 0 Å². The van der Waals surface area contributed by atoms with Crippen molar-refractivity contribution in [1.29, 1.82) is 0 Å². The number of esters is 1. The summed E-state index contributed by atoms with van der Waals surface area (Å²) in [6, 6.07) is 13.3. The predicted molar refractivity (Wildman–Crippen MR) is 94.8 cm³/mol. The van der Waals surface area contributed by atoms with Crippen molar-refractivity contribution in [2.75, 3.05) is 13.7 Å². The highest BCUT2D eigenvalue weighted by Crippen LogP contribution is 2.33. The molecule has 2 atom stereocenters. The van der Waals surface area contributed by atoms with E-state index in [1.165, 1.54) is 0 Å². The lowest BCUT2D eigenvalue weighted by Crippen LogP contribution is -2.21. The van der Waals surface area contributed by atoms with Crippen LogP contribution in [0, 0.1) is 11.8 Å². The van der Waals surface area contributed by atoms with E-state index in [1.807, 2.05) is 36.4 Å². The molecular formula is C19H18Cl2O3. The van der Waals surface area contributed by atoms with Gasteiger partial charge in [0.1, 0.15) is 5.75 Å². The van der Waals surface area contributed by atoms with Crippen molar-refractivity contribution < 1.29 is 14.3 Å². The molecule has 126 valence electrons. The maximum absolute atomic E-state index is 12.2. The van der Waals surface area contributed by atoms with Crippen LogP contribution in [-0.4, -0.2) is 19.7 Å². The van der Waals surface area contributed by atoms with Crippen LogP contribution >= 0.6 is 23.2 Å². The smallest absolute Gasteiger partial charge is 0.309 e. The van der Waals surface area contributed by atoms with E-state index in [1.54, 1.807) is 13.2 Å². The summed E-state index contributed by atoms with van der Waals surface area (Å²) in [6.07, 6.45) is 1.33. The molecule has 1 heterocycles. The molecule has 0 saturated carbocycles. The quantitative estimate of drug-likeness (QED) is 0.728. The molecular weight excluding hydrogens is 347 g/mol. The van der Waals surface area contributed by atoms with Crippen molar-refractivity contribution in [1.82, 2.24) is 0 Å². The lowest BCUT2D eigenvalue weighted by Gasteiger charge is -2.17.